The zero-order valence-corrected chi connectivity index (χ0v) is 56.0. The van der Waals surface area contributed by atoms with Gasteiger partial charge in [0.05, 0.1) is 0 Å². The largest absolute Gasteiger partial charge is 0.462 e. The van der Waals surface area contributed by atoms with Crippen molar-refractivity contribution in [2.24, 2.45) is 0 Å². The van der Waals surface area contributed by atoms with Crippen molar-refractivity contribution in [1.29, 1.82) is 0 Å². The van der Waals surface area contributed by atoms with Gasteiger partial charge in [-0.15, -0.1) is 0 Å². The van der Waals surface area contributed by atoms with Gasteiger partial charge in [-0.3, -0.25) is 14.4 Å². The van der Waals surface area contributed by atoms with Gasteiger partial charge < -0.3 is 14.2 Å². The van der Waals surface area contributed by atoms with Crippen LogP contribution < -0.4 is 0 Å². The Kier molecular flexibility index (Phi) is 69.6. The van der Waals surface area contributed by atoms with E-state index in [0.29, 0.717) is 19.3 Å². The van der Waals surface area contributed by atoms with Crippen molar-refractivity contribution in [3.05, 3.63) is 48.6 Å². The van der Waals surface area contributed by atoms with Crippen LogP contribution in [-0.4, -0.2) is 37.2 Å². The zero-order chi connectivity index (χ0) is 59.9. The molecule has 6 nitrogen and oxygen atoms in total. The van der Waals surface area contributed by atoms with Gasteiger partial charge in [0, 0.05) is 19.3 Å². The van der Waals surface area contributed by atoms with Gasteiger partial charge in [0.1, 0.15) is 13.2 Å². The summed E-state index contributed by atoms with van der Waals surface area (Å²) >= 11 is 0. The van der Waals surface area contributed by atoms with Crippen LogP contribution in [0.1, 0.15) is 406 Å². The van der Waals surface area contributed by atoms with E-state index in [-0.39, 0.29) is 31.1 Å². The summed E-state index contributed by atoms with van der Waals surface area (Å²) in [6, 6.07) is 0. The van der Waals surface area contributed by atoms with Crippen LogP contribution in [0.25, 0.3) is 0 Å². The Morgan fingerprint density at radius 1 is 0.253 bits per heavy atom. The number of esters is 3. The highest BCUT2D eigenvalue weighted by Gasteiger charge is 2.20. The zero-order valence-electron chi connectivity index (χ0n) is 56.0. The Balaban J connectivity index is 3.99. The molecule has 0 fully saturated rings. The van der Waals surface area contributed by atoms with Gasteiger partial charge in [0.2, 0.25) is 0 Å². The number of carbonyl (C=O) groups excluding carboxylic acids is 3. The number of allylic oxidation sites excluding steroid dienone is 8. The Bertz CT molecular complexity index is 1430. The van der Waals surface area contributed by atoms with Crippen molar-refractivity contribution in [3.8, 4) is 0 Å². The monoisotopic (exact) mass is 1160 g/mol. The highest BCUT2D eigenvalue weighted by atomic mass is 16.6. The molecule has 0 amide bonds. The summed E-state index contributed by atoms with van der Waals surface area (Å²) in [5, 5.41) is 0. The molecule has 0 heterocycles. The summed E-state index contributed by atoms with van der Waals surface area (Å²) < 4.78 is 16.9. The molecule has 83 heavy (non-hydrogen) atoms. The van der Waals surface area contributed by atoms with Crippen LogP contribution in [0.4, 0.5) is 0 Å². The first-order valence-corrected chi connectivity index (χ1v) is 37.1. The van der Waals surface area contributed by atoms with Gasteiger partial charge in [-0.1, -0.05) is 378 Å². The normalized spacial score (nSPS) is 12.3. The second-order valence-corrected chi connectivity index (χ2v) is 25.2. The first-order chi connectivity index (χ1) is 41.0. The van der Waals surface area contributed by atoms with E-state index in [1.54, 1.807) is 0 Å². The Morgan fingerprint density at radius 2 is 0.470 bits per heavy atom. The van der Waals surface area contributed by atoms with Crippen LogP contribution in [0.2, 0.25) is 0 Å². The lowest BCUT2D eigenvalue weighted by Gasteiger charge is -2.18. The first kappa shape index (κ1) is 80.4. The summed E-state index contributed by atoms with van der Waals surface area (Å²) in [5.74, 6) is -0.854. The summed E-state index contributed by atoms with van der Waals surface area (Å²) in [5.41, 5.74) is 0. The predicted octanol–water partition coefficient (Wildman–Crippen LogP) is 25.7. The first-order valence-electron chi connectivity index (χ1n) is 37.1. The smallest absolute Gasteiger partial charge is 0.306 e. The predicted molar refractivity (Wildman–Crippen MR) is 362 cm³/mol. The molecule has 0 saturated heterocycles. The summed E-state index contributed by atoms with van der Waals surface area (Å²) in [4.78, 5) is 38.3. The molecule has 0 aromatic heterocycles. The lowest BCUT2D eigenvalue weighted by Crippen LogP contribution is -2.30. The molecule has 0 saturated carbocycles. The van der Waals surface area contributed by atoms with E-state index in [2.05, 4.69) is 69.4 Å². The maximum absolute atomic E-state index is 12.9. The molecule has 0 aromatic carbocycles. The molecule has 0 aliphatic carbocycles. The minimum absolute atomic E-state index is 0.0697. The van der Waals surface area contributed by atoms with E-state index >= 15 is 0 Å². The molecular formula is C77H142O6. The Morgan fingerprint density at radius 3 is 0.735 bits per heavy atom. The molecule has 0 aliphatic heterocycles. The Labute approximate surface area is 518 Å². The molecule has 486 valence electrons. The number of carbonyl (C=O) groups is 3. The van der Waals surface area contributed by atoms with E-state index in [9.17, 15) is 14.4 Å². The molecule has 6 heteroatoms. The minimum atomic E-state index is -0.772. The molecule has 0 N–H and O–H groups in total. The topological polar surface area (TPSA) is 78.9 Å². The van der Waals surface area contributed by atoms with Crippen LogP contribution in [-0.2, 0) is 28.6 Å². The number of ether oxygens (including phenoxy) is 3. The van der Waals surface area contributed by atoms with Crippen molar-refractivity contribution in [3.63, 3.8) is 0 Å². The van der Waals surface area contributed by atoms with Gasteiger partial charge >= 0.3 is 17.9 Å². The summed E-state index contributed by atoms with van der Waals surface area (Å²) in [7, 11) is 0. The lowest BCUT2D eigenvalue weighted by molar-refractivity contribution is -0.167. The third kappa shape index (κ3) is 70.0. The van der Waals surface area contributed by atoms with Crippen LogP contribution >= 0.6 is 0 Å². The van der Waals surface area contributed by atoms with Crippen LogP contribution in [0.5, 0.6) is 0 Å². The molecule has 0 aromatic rings. The molecular weight excluding hydrogens is 1020 g/mol. The fourth-order valence-electron chi connectivity index (χ4n) is 11.3. The highest BCUT2D eigenvalue weighted by molar-refractivity contribution is 5.71. The van der Waals surface area contributed by atoms with Crippen molar-refractivity contribution in [2.75, 3.05) is 13.2 Å². The van der Waals surface area contributed by atoms with Gasteiger partial charge in [-0.25, -0.2) is 0 Å². The Hall–Kier alpha value is -2.63. The average Bonchev–Trinajstić information content (AvgIpc) is 3.49. The van der Waals surface area contributed by atoms with Crippen molar-refractivity contribution >= 4 is 17.9 Å². The van der Waals surface area contributed by atoms with E-state index in [1.165, 1.54) is 283 Å². The highest BCUT2D eigenvalue weighted by Crippen LogP contribution is 2.19. The molecule has 0 bridgehead atoms. The molecule has 1 unspecified atom stereocenters. The van der Waals surface area contributed by atoms with Crippen molar-refractivity contribution < 1.29 is 28.6 Å². The summed E-state index contributed by atoms with van der Waals surface area (Å²) in [6.07, 6.45) is 91.9. The van der Waals surface area contributed by atoms with Crippen molar-refractivity contribution in [1.82, 2.24) is 0 Å². The maximum atomic E-state index is 12.9. The van der Waals surface area contributed by atoms with Crippen LogP contribution in [0.15, 0.2) is 48.6 Å². The van der Waals surface area contributed by atoms with Gasteiger partial charge in [-0.05, 0) is 57.8 Å². The fraction of sp³-hybridized carbons (Fsp3) is 0.857. The SMILES string of the molecule is CC/C=C\C/C=C\C/C=C\C/C=C\CCCCCCCCCCCCC(=O)OC(COC(=O)CCCCCCCCCC)COC(=O)CCCCCCCCCCCCCCCCCCCCCCCCCCCCCCCCCCCC. The van der Waals surface area contributed by atoms with Crippen LogP contribution in [0, 0.1) is 0 Å². The number of rotatable bonds is 69. The van der Waals surface area contributed by atoms with E-state index < -0.39 is 6.10 Å². The fourth-order valence-corrected chi connectivity index (χ4v) is 11.3. The standard InChI is InChI=1S/C77H142O6/c1-4-7-10-13-16-19-21-23-25-27-29-31-33-34-35-36-37-38-39-40-41-42-43-45-46-48-50-52-54-56-58-61-64-67-70-76(79)82-73-74(72-81-75(78)69-66-63-60-18-15-12-9-6-3)83-77(80)71-68-65-62-59-57-55-53-51-49-47-44-32-30-28-26-24-22-20-17-14-11-8-5-2/h8,11,17,20,24,26,30,32,74H,4-7,9-10,12-16,18-19,21-23,25,27-29,31,33-73H2,1-3H3/b11-8-,20-17-,26-24-,32-30-. The van der Waals surface area contributed by atoms with E-state index in [1.807, 2.05) is 0 Å². The quantitative estimate of drug-likeness (QED) is 0.0261. The molecule has 0 aliphatic rings. The third-order valence-electron chi connectivity index (χ3n) is 16.8. The number of hydrogen-bond donors (Lipinski definition) is 0. The minimum Gasteiger partial charge on any atom is -0.462 e. The second kappa shape index (κ2) is 71.8. The van der Waals surface area contributed by atoms with Crippen LogP contribution in [0.3, 0.4) is 0 Å². The van der Waals surface area contributed by atoms with Gasteiger partial charge in [0.15, 0.2) is 6.10 Å². The maximum Gasteiger partial charge on any atom is 0.306 e. The second-order valence-electron chi connectivity index (χ2n) is 25.2. The number of unbranched alkanes of at least 4 members (excludes halogenated alkanes) is 50. The molecule has 0 radical (unpaired) electrons. The van der Waals surface area contributed by atoms with Crippen molar-refractivity contribution in [2.45, 2.75) is 412 Å². The third-order valence-corrected chi connectivity index (χ3v) is 16.8. The molecule has 0 rings (SSSR count). The van der Waals surface area contributed by atoms with E-state index in [0.717, 1.165) is 83.5 Å². The van der Waals surface area contributed by atoms with Gasteiger partial charge in [0.25, 0.3) is 0 Å². The molecule has 0 spiro atoms. The lowest BCUT2D eigenvalue weighted by atomic mass is 10.0. The average molecular weight is 1160 g/mol. The molecule has 1 atom stereocenters. The number of hydrogen-bond acceptors (Lipinski definition) is 6. The van der Waals surface area contributed by atoms with E-state index in [4.69, 9.17) is 14.2 Å². The summed E-state index contributed by atoms with van der Waals surface area (Å²) in [6.45, 7) is 6.56. The van der Waals surface area contributed by atoms with Gasteiger partial charge in [-0.2, -0.15) is 0 Å².